The van der Waals surface area contributed by atoms with Crippen molar-refractivity contribution in [2.24, 2.45) is 0 Å². The Morgan fingerprint density at radius 1 is 0.788 bits per heavy atom. The van der Waals surface area contributed by atoms with E-state index < -0.39 is 24.5 Å². The molecule has 1 aliphatic heterocycles. The Bertz CT molecular complexity index is 472. The minimum Gasteiger partial charge on any atom is -0.481 e. The average molecular weight is 473 g/mol. The van der Waals surface area contributed by atoms with Crippen molar-refractivity contribution in [2.75, 3.05) is 0 Å². The molecule has 3 N–H and O–H groups in total. The number of rotatable bonds is 21. The molecule has 33 heavy (non-hydrogen) atoms. The van der Waals surface area contributed by atoms with Crippen molar-refractivity contribution in [1.82, 2.24) is 0 Å². The van der Waals surface area contributed by atoms with Crippen molar-refractivity contribution in [3.8, 4) is 0 Å². The SMILES string of the molecule is C[C@H](CCCCCCCCCCCCCCCCCCC(=O)O)O[C@@H]1O[C@@H](C)[C@H](O)C[C@H]1O. The first-order valence-electron chi connectivity index (χ1n) is 13.8. The molecule has 1 fully saturated rings. The fourth-order valence-electron chi connectivity index (χ4n) is 4.55. The Labute approximate surface area is 202 Å². The lowest BCUT2D eigenvalue weighted by Gasteiger charge is -2.36. The molecule has 1 heterocycles. The number of aliphatic carboxylic acids is 1. The number of hydrogen-bond acceptors (Lipinski definition) is 5. The van der Waals surface area contributed by atoms with Gasteiger partial charge in [0.2, 0.25) is 0 Å². The molecule has 0 spiro atoms. The first-order chi connectivity index (χ1) is 15.9. The van der Waals surface area contributed by atoms with Crippen LogP contribution in [-0.4, -0.2) is 52.0 Å². The van der Waals surface area contributed by atoms with E-state index in [9.17, 15) is 15.0 Å². The minimum atomic E-state index is -0.750. The van der Waals surface area contributed by atoms with Crippen LogP contribution in [0.5, 0.6) is 0 Å². The van der Waals surface area contributed by atoms with Crippen LogP contribution in [0.25, 0.3) is 0 Å². The molecule has 0 aromatic rings. The average Bonchev–Trinajstić information content (AvgIpc) is 2.76. The molecule has 1 aliphatic rings. The zero-order valence-corrected chi connectivity index (χ0v) is 21.4. The van der Waals surface area contributed by atoms with Gasteiger partial charge in [-0.3, -0.25) is 4.79 Å². The van der Waals surface area contributed by atoms with E-state index in [0.29, 0.717) is 12.8 Å². The normalized spacial score (nSPS) is 24.1. The van der Waals surface area contributed by atoms with Crippen LogP contribution in [0.3, 0.4) is 0 Å². The largest absolute Gasteiger partial charge is 0.481 e. The van der Waals surface area contributed by atoms with Crippen molar-refractivity contribution in [2.45, 2.75) is 167 Å². The molecule has 0 unspecified atom stereocenters. The molecule has 6 heteroatoms. The fourth-order valence-corrected chi connectivity index (χ4v) is 4.55. The van der Waals surface area contributed by atoms with Crippen LogP contribution in [0, 0.1) is 0 Å². The molecule has 0 amide bonds. The number of carboxylic acid groups (broad SMARTS) is 1. The van der Waals surface area contributed by atoms with Gasteiger partial charge in [-0.2, -0.15) is 0 Å². The Balaban J connectivity index is 1.79. The van der Waals surface area contributed by atoms with Crippen molar-refractivity contribution in [3.05, 3.63) is 0 Å². The number of unbranched alkanes of at least 4 members (excludes halogenated alkanes) is 15. The zero-order valence-electron chi connectivity index (χ0n) is 21.4. The lowest BCUT2D eigenvalue weighted by Crippen LogP contribution is -2.48. The van der Waals surface area contributed by atoms with Crippen LogP contribution >= 0.6 is 0 Å². The van der Waals surface area contributed by atoms with Crippen molar-refractivity contribution in [1.29, 1.82) is 0 Å². The number of ether oxygens (including phenoxy) is 2. The molecule has 0 saturated carbocycles. The van der Waals surface area contributed by atoms with Gasteiger partial charge in [-0.1, -0.05) is 96.3 Å². The summed E-state index contributed by atoms with van der Waals surface area (Å²) < 4.78 is 11.4. The molecule has 0 aromatic heterocycles. The summed E-state index contributed by atoms with van der Waals surface area (Å²) in [5, 5.41) is 28.3. The van der Waals surface area contributed by atoms with Gasteiger partial charge < -0.3 is 24.8 Å². The number of carboxylic acids is 1. The smallest absolute Gasteiger partial charge is 0.303 e. The molecule has 0 aromatic carbocycles. The van der Waals surface area contributed by atoms with Gasteiger partial charge in [0, 0.05) is 12.8 Å². The summed E-state index contributed by atoms with van der Waals surface area (Å²) in [6, 6.07) is 0. The number of hydrogen-bond donors (Lipinski definition) is 3. The summed E-state index contributed by atoms with van der Waals surface area (Å²) >= 11 is 0. The molecule has 0 aliphatic carbocycles. The molecule has 196 valence electrons. The van der Waals surface area contributed by atoms with E-state index in [1.165, 1.54) is 83.5 Å². The highest BCUT2D eigenvalue weighted by Crippen LogP contribution is 2.23. The van der Waals surface area contributed by atoms with Crippen molar-refractivity contribution in [3.63, 3.8) is 0 Å². The summed E-state index contributed by atoms with van der Waals surface area (Å²) in [6.07, 6.45) is 19.4. The maximum Gasteiger partial charge on any atom is 0.303 e. The molecular formula is C27H52O6. The minimum absolute atomic E-state index is 0.0593. The van der Waals surface area contributed by atoms with E-state index in [0.717, 1.165) is 25.7 Å². The van der Waals surface area contributed by atoms with Crippen LogP contribution in [0.2, 0.25) is 0 Å². The van der Waals surface area contributed by atoms with Gasteiger partial charge in [0.1, 0.15) is 6.10 Å². The topological polar surface area (TPSA) is 96.2 Å². The van der Waals surface area contributed by atoms with Crippen LogP contribution in [0.15, 0.2) is 0 Å². The molecule has 1 saturated heterocycles. The Morgan fingerprint density at radius 3 is 1.67 bits per heavy atom. The maximum absolute atomic E-state index is 10.4. The van der Waals surface area contributed by atoms with E-state index >= 15 is 0 Å². The fraction of sp³-hybridized carbons (Fsp3) is 0.963. The third-order valence-electron chi connectivity index (χ3n) is 6.81. The van der Waals surface area contributed by atoms with E-state index in [-0.39, 0.29) is 12.2 Å². The molecule has 0 radical (unpaired) electrons. The van der Waals surface area contributed by atoms with E-state index in [2.05, 4.69) is 0 Å². The summed E-state index contributed by atoms with van der Waals surface area (Å²) in [6.45, 7) is 3.85. The van der Waals surface area contributed by atoms with Crippen LogP contribution in [0.1, 0.15) is 136 Å². The van der Waals surface area contributed by atoms with Crippen molar-refractivity contribution < 1.29 is 29.6 Å². The summed E-state index contributed by atoms with van der Waals surface area (Å²) in [7, 11) is 0. The quantitative estimate of drug-likeness (QED) is 0.168. The molecule has 0 bridgehead atoms. The lowest BCUT2D eigenvalue weighted by molar-refractivity contribution is -0.273. The van der Waals surface area contributed by atoms with Crippen LogP contribution in [0.4, 0.5) is 0 Å². The van der Waals surface area contributed by atoms with E-state index in [1.807, 2.05) is 13.8 Å². The summed E-state index contributed by atoms with van der Waals surface area (Å²) in [5.74, 6) is -0.670. The van der Waals surface area contributed by atoms with Gasteiger partial charge in [0.15, 0.2) is 6.29 Å². The highest BCUT2D eigenvalue weighted by Gasteiger charge is 2.35. The second-order valence-electron chi connectivity index (χ2n) is 10.1. The van der Waals surface area contributed by atoms with E-state index in [1.54, 1.807) is 0 Å². The van der Waals surface area contributed by atoms with Crippen LogP contribution < -0.4 is 0 Å². The third kappa shape index (κ3) is 16.6. The summed E-state index contributed by atoms with van der Waals surface area (Å²) in [4.78, 5) is 10.4. The van der Waals surface area contributed by atoms with Gasteiger partial charge in [0.05, 0.1) is 18.3 Å². The lowest BCUT2D eigenvalue weighted by atomic mass is 10.0. The van der Waals surface area contributed by atoms with Crippen molar-refractivity contribution >= 4 is 5.97 Å². The Kier molecular flexibility index (Phi) is 18.0. The van der Waals surface area contributed by atoms with E-state index in [4.69, 9.17) is 14.6 Å². The first-order valence-corrected chi connectivity index (χ1v) is 13.8. The van der Waals surface area contributed by atoms with Gasteiger partial charge in [-0.15, -0.1) is 0 Å². The predicted octanol–water partition coefficient (Wildman–Crippen LogP) is 6.35. The molecule has 5 atom stereocenters. The Morgan fingerprint density at radius 2 is 1.21 bits per heavy atom. The second kappa shape index (κ2) is 19.6. The van der Waals surface area contributed by atoms with Gasteiger partial charge in [0.25, 0.3) is 0 Å². The second-order valence-corrected chi connectivity index (χ2v) is 10.1. The monoisotopic (exact) mass is 472 g/mol. The highest BCUT2D eigenvalue weighted by molar-refractivity contribution is 5.66. The highest BCUT2D eigenvalue weighted by atomic mass is 16.7. The van der Waals surface area contributed by atoms with Gasteiger partial charge in [-0.05, 0) is 26.7 Å². The zero-order chi connectivity index (χ0) is 24.3. The van der Waals surface area contributed by atoms with Gasteiger partial charge >= 0.3 is 5.97 Å². The van der Waals surface area contributed by atoms with Crippen LogP contribution in [-0.2, 0) is 14.3 Å². The summed E-state index contributed by atoms with van der Waals surface area (Å²) in [5.41, 5.74) is 0. The molecule has 6 nitrogen and oxygen atoms in total. The van der Waals surface area contributed by atoms with Gasteiger partial charge in [-0.25, -0.2) is 0 Å². The molecular weight excluding hydrogens is 420 g/mol. The maximum atomic E-state index is 10.4. The number of aliphatic hydroxyl groups is 2. The Hall–Kier alpha value is -0.690. The first kappa shape index (κ1) is 30.3. The standard InChI is InChI=1S/C27H52O6/c1-22(32-27-25(29)21-24(28)23(2)33-27)19-17-15-13-11-9-7-5-3-4-6-8-10-12-14-16-18-20-26(30)31/h22-25,27-29H,3-21H2,1-2H3,(H,30,31)/t22-,23+,24-,25-,27-/m1/s1. The number of carbonyl (C=O) groups is 1. The number of aliphatic hydroxyl groups excluding tert-OH is 2. The predicted molar refractivity (Wildman–Crippen MR) is 132 cm³/mol. The molecule has 1 rings (SSSR count). The third-order valence-corrected chi connectivity index (χ3v) is 6.81.